The minimum Gasteiger partial charge on any atom is -0.497 e. The summed E-state index contributed by atoms with van der Waals surface area (Å²) in [5.41, 5.74) is 1.61. The van der Waals surface area contributed by atoms with Crippen molar-refractivity contribution >= 4 is 11.6 Å². The van der Waals surface area contributed by atoms with Crippen molar-refractivity contribution in [1.29, 1.82) is 0 Å². The zero-order chi connectivity index (χ0) is 27.9. The predicted octanol–water partition coefficient (Wildman–Crippen LogP) is 6.39. The van der Waals surface area contributed by atoms with Gasteiger partial charge in [-0.05, 0) is 37.3 Å². The van der Waals surface area contributed by atoms with Crippen LogP contribution in [0.25, 0.3) is 39.7 Å². The molecule has 0 aliphatic carbocycles. The molecule has 0 aliphatic heterocycles. The smallest absolute Gasteiger partial charge is 0.433 e. The zero-order valence-electron chi connectivity index (χ0n) is 21.3. The zero-order valence-corrected chi connectivity index (χ0v) is 22.0. The van der Waals surface area contributed by atoms with Gasteiger partial charge in [0.15, 0.2) is 5.69 Å². The first-order chi connectivity index (χ1) is 18.6. The third-order valence-corrected chi connectivity index (χ3v) is 6.36. The Hall–Kier alpha value is -4.38. The number of benzene rings is 2. The lowest BCUT2D eigenvalue weighted by molar-refractivity contribution is -0.141. The molecule has 5 rings (SSSR count). The third-order valence-electron chi connectivity index (χ3n) is 6.00. The van der Waals surface area contributed by atoms with E-state index in [1.807, 2.05) is 0 Å². The third kappa shape index (κ3) is 5.05. The lowest BCUT2D eigenvalue weighted by Crippen LogP contribution is -2.14. The van der Waals surface area contributed by atoms with Crippen LogP contribution in [0.2, 0.25) is 5.02 Å². The Bertz CT molecular complexity index is 1680. The predicted molar refractivity (Wildman–Crippen MR) is 140 cm³/mol. The van der Waals surface area contributed by atoms with E-state index in [1.54, 1.807) is 68.7 Å². The average Bonchev–Trinajstić information content (AvgIpc) is 3.45. The first-order valence-corrected chi connectivity index (χ1v) is 12.0. The lowest BCUT2D eigenvalue weighted by atomic mass is 10.1. The molecule has 0 fully saturated rings. The molecule has 200 valence electrons. The maximum Gasteiger partial charge on any atom is 0.433 e. The van der Waals surface area contributed by atoms with Crippen LogP contribution in [-0.4, -0.2) is 43.7 Å². The summed E-state index contributed by atoms with van der Waals surface area (Å²) >= 11 is 6.90. The van der Waals surface area contributed by atoms with Crippen LogP contribution in [0.4, 0.5) is 13.2 Å². The van der Waals surface area contributed by atoms with Gasteiger partial charge >= 0.3 is 6.18 Å². The summed E-state index contributed by atoms with van der Waals surface area (Å²) in [6, 6.07) is 14.8. The monoisotopic (exact) mass is 554 g/mol. The second kappa shape index (κ2) is 10.1. The summed E-state index contributed by atoms with van der Waals surface area (Å²) < 4.78 is 55.5. The first-order valence-electron chi connectivity index (χ1n) is 11.6. The highest BCUT2D eigenvalue weighted by Gasteiger charge is 2.35. The van der Waals surface area contributed by atoms with E-state index in [2.05, 4.69) is 20.2 Å². The van der Waals surface area contributed by atoms with Gasteiger partial charge in [-0.3, -0.25) is 4.68 Å². The first kappa shape index (κ1) is 26.2. The van der Waals surface area contributed by atoms with Gasteiger partial charge in [0.1, 0.15) is 17.2 Å². The van der Waals surface area contributed by atoms with Gasteiger partial charge in [-0.15, -0.1) is 0 Å². The molecule has 0 saturated carbocycles. The number of methoxy groups -OCH3 is 2. The van der Waals surface area contributed by atoms with E-state index in [1.165, 1.54) is 23.6 Å². The summed E-state index contributed by atoms with van der Waals surface area (Å²) in [4.78, 5) is 8.36. The fourth-order valence-electron chi connectivity index (χ4n) is 4.18. The summed E-state index contributed by atoms with van der Waals surface area (Å²) in [7, 11) is 4.72. The Labute approximate surface area is 226 Å². The molecule has 0 bridgehead atoms. The van der Waals surface area contributed by atoms with Crippen LogP contribution in [0, 0.1) is 6.92 Å². The van der Waals surface area contributed by atoms with Crippen LogP contribution in [-0.2, 0) is 13.2 Å². The average molecular weight is 555 g/mol. The molecule has 0 radical (unpaired) electrons. The number of aryl methyl sites for hydroxylation is 2. The van der Waals surface area contributed by atoms with Crippen molar-refractivity contribution < 1.29 is 22.6 Å². The van der Waals surface area contributed by atoms with Gasteiger partial charge in [-0.1, -0.05) is 35.9 Å². The summed E-state index contributed by atoms with van der Waals surface area (Å²) in [5, 5.41) is 9.06. The van der Waals surface area contributed by atoms with Crippen LogP contribution in [0.5, 0.6) is 11.5 Å². The highest BCUT2D eigenvalue weighted by molar-refractivity contribution is 6.35. The molecule has 3 heterocycles. The molecule has 0 N–H and O–H groups in total. The van der Waals surface area contributed by atoms with Gasteiger partial charge in [-0.25, -0.2) is 9.97 Å². The fraction of sp³-hybridized carbons (Fsp3) is 0.185. The van der Waals surface area contributed by atoms with E-state index in [9.17, 15) is 13.2 Å². The van der Waals surface area contributed by atoms with Crippen LogP contribution in [0.3, 0.4) is 0 Å². The summed E-state index contributed by atoms with van der Waals surface area (Å²) in [6.45, 7) is 1.69. The number of halogens is 4. The van der Waals surface area contributed by atoms with E-state index >= 15 is 0 Å². The molecule has 0 amide bonds. The van der Waals surface area contributed by atoms with E-state index in [0.717, 1.165) is 6.07 Å². The second-order valence-corrected chi connectivity index (χ2v) is 9.00. The molecule has 0 aliphatic rings. The van der Waals surface area contributed by atoms with Crippen molar-refractivity contribution in [2.24, 2.45) is 7.05 Å². The summed E-state index contributed by atoms with van der Waals surface area (Å²) in [5.74, 6) is 0.776. The van der Waals surface area contributed by atoms with Gasteiger partial charge in [0.25, 0.3) is 5.95 Å². The van der Waals surface area contributed by atoms with E-state index in [-0.39, 0.29) is 16.7 Å². The molecule has 2 aromatic carbocycles. The number of aromatic nitrogens is 6. The van der Waals surface area contributed by atoms with E-state index < -0.39 is 11.9 Å². The van der Waals surface area contributed by atoms with Crippen molar-refractivity contribution in [1.82, 2.24) is 29.5 Å². The normalized spacial score (nSPS) is 11.6. The minimum atomic E-state index is -4.74. The molecule has 8 nitrogen and oxygen atoms in total. The molecule has 0 spiro atoms. The van der Waals surface area contributed by atoms with Gasteiger partial charge in [0.2, 0.25) is 0 Å². The maximum absolute atomic E-state index is 14.0. The van der Waals surface area contributed by atoms with Crippen molar-refractivity contribution in [3.63, 3.8) is 0 Å². The largest absolute Gasteiger partial charge is 0.497 e. The second-order valence-electron chi connectivity index (χ2n) is 8.62. The van der Waals surface area contributed by atoms with Crippen LogP contribution < -0.4 is 9.47 Å². The Kier molecular flexibility index (Phi) is 6.77. The van der Waals surface area contributed by atoms with Crippen molar-refractivity contribution in [2.75, 3.05) is 14.2 Å². The molecular weight excluding hydrogens is 533 g/mol. The van der Waals surface area contributed by atoms with Gasteiger partial charge in [0, 0.05) is 29.9 Å². The van der Waals surface area contributed by atoms with Gasteiger partial charge in [0.05, 0.1) is 36.3 Å². The minimum absolute atomic E-state index is 0.0454. The molecule has 0 unspecified atom stereocenters. The van der Waals surface area contributed by atoms with Crippen molar-refractivity contribution in [2.45, 2.75) is 13.1 Å². The molecule has 39 heavy (non-hydrogen) atoms. The summed E-state index contributed by atoms with van der Waals surface area (Å²) in [6.07, 6.45) is -3.15. The highest BCUT2D eigenvalue weighted by Crippen LogP contribution is 2.40. The quantitative estimate of drug-likeness (QED) is 0.242. The number of hydrogen-bond donors (Lipinski definition) is 0. The van der Waals surface area contributed by atoms with Gasteiger partial charge < -0.3 is 9.47 Å². The number of hydrogen-bond acceptors (Lipinski definition) is 6. The van der Waals surface area contributed by atoms with E-state index in [4.69, 9.17) is 21.1 Å². The van der Waals surface area contributed by atoms with Crippen molar-refractivity contribution in [3.05, 3.63) is 77.2 Å². The Morgan fingerprint density at radius 1 is 0.872 bits per heavy atom. The van der Waals surface area contributed by atoms with Crippen LogP contribution >= 0.6 is 11.6 Å². The SMILES string of the molecule is COc1cccc(-c2nn(-c3nc(-c4cn(C)nc4C)cc(C(F)(F)F)n3)c(-c3cccc(OC)c3)c2Cl)c1. The van der Waals surface area contributed by atoms with Crippen LogP contribution in [0.15, 0.2) is 60.8 Å². The Morgan fingerprint density at radius 2 is 1.51 bits per heavy atom. The molecule has 3 aromatic heterocycles. The lowest BCUT2D eigenvalue weighted by Gasteiger charge is -2.12. The molecular formula is C27H22ClF3N6O2. The number of rotatable bonds is 6. The number of alkyl halides is 3. The van der Waals surface area contributed by atoms with E-state index in [0.29, 0.717) is 45.3 Å². The topological polar surface area (TPSA) is 79.9 Å². The van der Waals surface area contributed by atoms with Crippen molar-refractivity contribution in [3.8, 4) is 51.2 Å². The number of nitrogens with zero attached hydrogens (tertiary/aromatic N) is 6. The standard InChI is InChI=1S/C27H22ClF3N6O2/c1-15-20(14-36(2)34-15)21-13-22(27(29,30)31)33-26(32-21)37-25(17-8-6-10-19(12-17)39-4)23(28)24(35-37)16-7-5-9-18(11-16)38-3/h5-14H,1-4H3. The molecule has 5 aromatic rings. The highest BCUT2D eigenvalue weighted by atomic mass is 35.5. The Balaban J connectivity index is 1.82. The van der Waals surface area contributed by atoms with Crippen LogP contribution in [0.1, 0.15) is 11.4 Å². The maximum atomic E-state index is 14.0. The van der Waals surface area contributed by atoms with Gasteiger partial charge in [-0.2, -0.15) is 28.1 Å². The fourth-order valence-corrected chi connectivity index (χ4v) is 4.52. The molecule has 12 heteroatoms. The Morgan fingerprint density at radius 3 is 2.10 bits per heavy atom. The molecule has 0 atom stereocenters. The number of ether oxygens (including phenoxy) is 2. The molecule has 0 saturated heterocycles.